The molecule has 1 aromatic heterocycles. The molecule has 1 aliphatic carbocycles. The maximum absolute atomic E-state index is 13.2. The minimum atomic E-state index is -0.239. The average Bonchev–Trinajstić information content (AvgIpc) is 3.45. The van der Waals surface area contributed by atoms with E-state index in [1.165, 1.54) is 18.4 Å². The van der Waals surface area contributed by atoms with Crippen LogP contribution in [-0.2, 0) is 22.2 Å². The van der Waals surface area contributed by atoms with Crippen LogP contribution in [0.5, 0.6) is 0 Å². The number of rotatable bonds is 3. The Morgan fingerprint density at radius 1 is 1.23 bits per heavy atom. The fourth-order valence-corrected chi connectivity index (χ4v) is 4.53. The predicted octanol–water partition coefficient (Wildman–Crippen LogP) is 3.66. The second-order valence-electron chi connectivity index (χ2n) is 10.1. The first-order valence-corrected chi connectivity index (χ1v) is 10.9. The summed E-state index contributed by atoms with van der Waals surface area (Å²) in [5, 5.41) is 3.41. The second kappa shape index (κ2) is 7.05. The summed E-state index contributed by atoms with van der Waals surface area (Å²) in [6.07, 6.45) is 5.13. The van der Waals surface area contributed by atoms with E-state index < -0.39 is 0 Å². The number of nitrogens with zero attached hydrogens (tertiary/aromatic N) is 3. The molecule has 1 atom stereocenters. The SMILES string of the molecule is CC(C)(C)c1ccc(C(=O)N2CCC3(COCc4cnc(NC5CC5)nc43)C2)cc1. The van der Waals surface area contributed by atoms with Crippen LogP contribution < -0.4 is 5.32 Å². The Balaban J connectivity index is 1.37. The lowest BCUT2D eigenvalue weighted by molar-refractivity contribution is 0.0485. The summed E-state index contributed by atoms with van der Waals surface area (Å²) in [6.45, 7) is 9.06. The maximum atomic E-state index is 13.2. The molecule has 3 aliphatic rings. The monoisotopic (exact) mass is 406 g/mol. The Morgan fingerprint density at radius 3 is 2.70 bits per heavy atom. The highest BCUT2D eigenvalue weighted by atomic mass is 16.5. The van der Waals surface area contributed by atoms with Crippen LogP contribution in [0.2, 0.25) is 0 Å². The van der Waals surface area contributed by atoms with E-state index >= 15 is 0 Å². The van der Waals surface area contributed by atoms with Crippen molar-refractivity contribution in [3.8, 4) is 0 Å². The highest BCUT2D eigenvalue weighted by Gasteiger charge is 2.46. The lowest BCUT2D eigenvalue weighted by Gasteiger charge is -2.34. The zero-order chi connectivity index (χ0) is 20.9. The van der Waals surface area contributed by atoms with Crippen molar-refractivity contribution in [3.63, 3.8) is 0 Å². The third-order valence-corrected chi connectivity index (χ3v) is 6.55. The first kappa shape index (κ1) is 19.5. The summed E-state index contributed by atoms with van der Waals surface area (Å²) in [7, 11) is 0. The van der Waals surface area contributed by atoms with Crippen LogP contribution in [0.1, 0.15) is 67.2 Å². The van der Waals surface area contributed by atoms with Gasteiger partial charge >= 0.3 is 0 Å². The van der Waals surface area contributed by atoms with E-state index in [0.29, 0.717) is 31.7 Å². The number of carbonyl (C=O) groups excluding carboxylic acids is 1. The molecule has 1 saturated heterocycles. The van der Waals surface area contributed by atoms with Gasteiger partial charge in [-0.3, -0.25) is 4.79 Å². The molecular weight excluding hydrogens is 376 g/mol. The van der Waals surface area contributed by atoms with Crippen molar-refractivity contribution >= 4 is 11.9 Å². The summed E-state index contributed by atoms with van der Waals surface area (Å²) in [6, 6.07) is 8.57. The van der Waals surface area contributed by atoms with Crippen molar-refractivity contribution in [2.24, 2.45) is 0 Å². The van der Waals surface area contributed by atoms with Crippen LogP contribution in [-0.4, -0.2) is 46.5 Å². The molecule has 2 aromatic rings. The van der Waals surface area contributed by atoms with Crippen LogP contribution >= 0.6 is 0 Å². The van der Waals surface area contributed by atoms with E-state index in [4.69, 9.17) is 9.72 Å². The van der Waals surface area contributed by atoms with Crippen molar-refractivity contribution in [3.05, 3.63) is 52.8 Å². The van der Waals surface area contributed by atoms with Crippen LogP contribution in [0.4, 0.5) is 5.95 Å². The zero-order valence-corrected chi connectivity index (χ0v) is 18.1. The smallest absolute Gasteiger partial charge is 0.253 e. The number of hydrogen-bond donors (Lipinski definition) is 1. The Bertz CT molecular complexity index is 962. The molecule has 2 aliphatic heterocycles. The van der Waals surface area contributed by atoms with Gasteiger partial charge in [0.15, 0.2) is 0 Å². The van der Waals surface area contributed by atoms with Crippen LogP contribution in [0.3, 0.4) is 0 Å². The summed E-state index contributed by atoms with van der Waals surface area (Å²) >= 11 is 0. The highest BCUT2D eigenvalue weighted by molar-refractivity contribution is 5.94. The summed E-state index contributed by atoms with van der Waals surface area (Å²) in [5.74, 6) is 0.796. The molecule has 0 radical (unpaired) electrons. The molecule has 2 fully saturated rings. The van der Waals surface area contributed by atoms with E-state index in [1.807, 2.05) is 23.2 Å². The quantitative estimate of drug-likeness (QED) is 0.843. The Labute approximate surface area is 178 Å². The van der Waals surface area contributed by atoms with Crippen molar-refractivity contribution in [1.82, 2.24) is 14.9 Å². The summed E-state index contributed by atoms with van der Waals surface area (Å²) in [4.78, 5) is 24.5. The molecule has 1 amide bonds. The van der Waals surface area contributed by atoms with E-state index in [0.717, 1.165) is 29.8 Å². The van der Waals surface area contributed by atoms with Gasteiger partial charge in [0.2, 0.25) is 5.95 Å². The molecule has 6 heteroatoms. The minimum absolute atomic E-state index is 0.0777. The number of ether oxygens (including phenoxy) is 1. The number of likely N-dealkylation sites (tertiary alicyclic amines) is 1. The van der Waals surface area contributed by atoms with Gasteiger partial charge in [0.25, 0.3) is 5.91 Å². The molecule has 1 spiro atoms. The summed E-state index contributed by atoms with van der Waals surface area (Å²) in [5.41, 5.74) is 3.93. The molecule has 6 nitrogen and oxygen atoms in total. The number of carbonyl (C=O) groups is 1. The minimum Gasteiger partial charge on any atom is -0.376 e. The van der Waals surface area contributed by atoms with Crippen molar-refractivity contribution in [2.75, 3.05) is 25.0 Å². The van der Waals surface area contributed by atoms with Gasteiger partial charge < -0.3 is 15.0 Å². The van der Waals surface area contributed by atoms with Crippen molar-refractivity contribution in [1.29, 1.82) is 0 Å². The fourth-order valence-electron chi connectivity index (χ4n) is 4.53. The second-order valence-corrected chi connectivity index (χ2v) is 10.1. The molecule has 158 valence electrons. The van der Waals surface area contributed by atoms with Gasteiger partial charge in [-0.15, -0.1) is 0 Å². The fraction of sp³-hybridized carbons (Fsp3) is 0.542. The number of fused-ring (bicyclic) bond motifs is 2. The number of nitrogens with one attached hydrogen (secondary N) is 1. The first-order chi connectivity index (χ1) is 14.3. The van der Waals surface area contributed by atoms with Gasteiger partial charge in [-0.05, 0) is 42.4 Å². The topological polar surface area (TPSA) is 67.4 Å². The van der Waals surface area contributed by atoms with Gasteiger partial charge in [0, 0.05) is 36.5 Å². The van der Waals surface area contributed by atoms with Gasteiger partial charge in [-0.1, -0.05) is 32.9 Å². The highest BCUT2D eigenvalue weighted by Crippen LogP contribution is 2.40. The van der Waals surface area contributed by atoms with E-state index in [2.05, 4.69) is 43.2 Å². The molecule has 1 unspecified atom stereocenters. The number of aromatic nitrogens is 2. The molecule has 5 rings (SSSR count). The predicted molar refractivity (Wildman–Crippen MR) is 116 cm³/mol. The maximum Gasteiger partial charge on any atom is 0.253 e. The number of anilines is 1. The van der Waals surface area contributed by atoms with Crippen LogP contribution in [0.15, 0.2) is 30.5 Å². The third-order valence-electron chi connectivity index (χ3n) is 6.55. The Hall–Kier alpha value is -2.47. The number of benzene rings is 1. The summed E-state index contributed by atoms with van der Waals surface area (Å²) < 4.78 is 5.92. The van der Waals surface area contributed by atoms with Gasteiger partial charge in [0.05, 0.1) is 24.3 Å². The lowest BCUT2D eigenvalue weighted by atomic mass is 9.80. The lowest BCUT2D eigenvalue weighted by Crippen LogP contribution is -2.41. The van der Waals surface area contributed by atoms with Crippen LogP contribution in [0, 0.1) is 0 Å². The largest absolute Gasteiger partial charge is 0.376 e. The molecular formula is C24H30N4O2. The van der Waals surface area contributed by atoms with Crippen molar-refractivity contribution in [2.45, 2.75) is 63.5 Å². The van der Waals surface area contributed by atoms with Gasteiger partial charge in [0.1, 0.15) is 0 Å². The van der Waals surface area contributed by atoms with E-state index in [-0.39, 0.29) is 16.7 Å². The van der Waals surface area contributed by atoms with Gasteiger partial charge in [-0.25, -0.2) is 9.97 Å². The molecule has 30 heavy (non-hydrogen) atoms. The average molecular weight is 407 g/mol. The van der Waals surface area contributed by atoms with Crippen molar-refractivity contribution < 1.29 is 9.53 Å². The standard InChI is InChI=1S/C24H30N4O2/c1-23(2,3)18-6-4-16(5-7-18)21(29)28-11-10-24(14-28)15-30-13-17-12-25-22(27-20(17)24)26-19-8-9-19/h4-7,12,19H,8-11,13-15H2,1-3H3,(H,25,26,27). The Kier molecular flexibility index (Phi) is 4.58. The molecule has 3 heterocycles. The number of amides is 1. The number of hydrogen-bond acceptors (Lipinski definition) is 5. The van der Waals surface area contributed by atoms with Crippen LogP contribution in [0.25, 0.3) is 0 Å². The van der Waals surface area contributed by atoms with Gasteiger partial charge in [-0.2, -0.15) is 0 Å². The molecule has 1 saturated carbocycles. The Morgan fingerprint density at radius 2 is 2.00 bits per heavy atom. The third kappa shape index (κ3) is 3.58. The normalized spacial score (nSPS) is 23.5. The first-order valence-electron chi connectivity index (χ1n) is 10.9. The molecule has 0 bridgehead atoms. The van der Waals surface area contributed by atoms with E-state index in [1.54, 1.807) is 0 Å². The molecule has 1 aromatic carbocycles. The zero-order valence-electron chi connectivity index (χ0n) is 18.1. The van der Waals surface area contributed by atoms with E-state index in [9.17, 15) is 4.79 Å². The molecule has 1 N–H and O–H groups in total.